The molecular weight excluding hydrogens is 398 g/mol. The number of oxime groups is 1. The van der Waals surface area contributed by atoms with Crippen LogP contribution >= 0.6 is 34.8 Å². The van der Waals surface area contributed by atoms with Gasteiger partial charge in [-0.2, -0.15) is 13.2 Å². The van der Waals surface area contributed by atoms with Crippen LogP contribution in [0.15, 0.2) is 41.6 Å². The summed E-state index contributed by atoms with van der Waals surface area (Å²) < 4.78 is 39.5. The Bertz CT molecular complexity index is 791. The third-order valence-corrected chi connectivity index (χ3v) is 4.30. The zero-order valence-corrected chi connectivity index (χ0v) is 15.3. The molecule has 2 nitrogen and oxygen atoms in total. The molecule has 134 valence electrons. The molecule has 2 aromatic carbocycles. The third-order valence-electron chi connectivity index (χ3n) is 3.32. The molecule has 0 unspecified atom stereocenters. The van der Waals surface area contributed by atoms with E-state index in [2.05, 4.69) is 5.16 Å². The second-order valence-electron chi connectivity index (χ2n) is 5.10. The van der Waals surface area contributed by atoms with E-state index in [-0.39, 0.29) is 29.3 Å². The van der Waals surface area contributed by atoms with Gasteiger partial charge in [-0.05, 0) is 42.3 Å². The number of alkyl halides is 3. The van der Waals surface area contributed by atoms with Crippen molar-refractivity contribution in [3.63, 3.8) is 0 Å². The summed E-state index contributed by atoms with van der Waals surface area (Å²) in [5.41, 5.74) is -0.0714. The summed E-state index contributed by atoms with van der Waals surface area (Å²) in [6.45, 7) is 1.73. The van der Waals surface area contributed by atoms with Crippen molar-refractivity contribution in [3.8, 4) is 0 Å². The Morgan fingerprint density at radius 2 is 1.76 bits per heavy atom. The first-order valence-electron chi connectivity index (χ1n) is 7.22. The Balaban J connectivity index is 2.25. The minimum Gasteiger partial charge on any atom is -0.391 e. The maximum atomic E-state index is 13.2. The van der Waals surface area contributed by atoms with Crippen LogP contribution in [0.4, 0.5) is 13.2 Å². The molecule has 25 heavy (non-hydrogen) atoms. The molecule has 0 aliphatic rings. The number of hydrogen-bond acceptors (Lipinski definition) is 2. The maximum Gasteiger partial charge on any atom is 0.417 e. The molecule has 0 aliphatic heterocycles. The minimum atomic E-state index is -4.51. The van der Waals surface area contributed by atoms with Crippen molar-refractivity contribution >= 4 is 40.5 Å². The van der Waals surface area contributed by atoms with Crippen molar-refractivity contribution in [2.75, 3.05) is 0 Å². The van der Waals surface area contributed by atoms with E-state index in [4.69, 9.17) is 39.6 Å². The highest BCUT2D eigenvalue weighted by molar-refractivity contribution is 6.42. The van der Waals surface area contributed by atoms with Crippen molar-refractivity contribution in [3.05, 3.63) is 68.2 Å². The first-order chi connectivity index (χ1) is 11.7. The van der Waals surface area contributed by atoms with Gasteiger partial charge in [-0.1, -0.05) is 52.9 Å². The van der Waals surface area contributed by atoms with Gasteiger partial charge >= 0.3 is 6.18 Å². The first-order valence-corrected chi connectivity index (χ1v) is 8.35. The van der Waals surface area contributed by atoms with Gasteiger partial charge in [0.25, 0.3) is 0 Å². The Morgan fingerprint density at radius 3 is 2.36 bits per heavy atom. The summed E-state index contributed by atoms with van der Waals surface area (Å²) in [6.07, 6.45) is -4.27. The van der Waals surface area contributed by atoms with Gasteiger partial charge in [0, 0.05) is 10.6 Å². The molecule has 0 bridgehead atoms. The van der Waals surface area contributed by atoms with Crippen LogP contribution in [0.25, 0.3) is 0 Å². The molecule has 0 saturated heterocycles. The molecule has 0 amide bonds. The van der Waals surface area contributed by atoms with Crippen LogP contribution in [-0.2, 0) is 17.6 Å². The summed E-state index contributed by atoms with van der Waals surface area (Å²) in [7, 11) is 0. The van der Waals surface area contributed by atoms with E-state index in [0.29, 0.717) is 15.6 Å². The average Bonchev–Trinajstić information content (AvgIpc) is 2.53. The number of benzene rings is 2. The van der Waals surface area contributed by atoms with Crippen molar-refractivity contribution < 1.29 is 18.0 Å². The predicted octanol–water partition coefficient (Wildman–Crippen LogP) is 7.00. The maximum absolute atomic E-state index is 13.2. The van der Waals surface area contributed by atoms with Crippen LogP contribution in [0.3, 0.4) is 0 Å². The van der Waals surface area contributed by atoms with Crippen molar-refractivity contribution in [2.45, 2.75) is 26.1 Å². The van der Waals surface area contributed by atoms with Crippen LogP contribution in [0.2, 0.25) is 15.1 Å². The Hall–Kier alpha value is -1.43. The van der Waals surface area contributed by atoms with Gasteiger partial charge in [-0.25, -0.2) is 0 Å². The van der Waals surface area contributed by atoms with Crippen LogP contribution in [0.5, 0.6) is 0 Å². The van der Waals surface area contributed by atoms with E-state index in [1.807, 2.05) is 0 Å². The van der Waals surface area contributed by atoms with Gasteiger partial charge < -0.3 is 4.84 Å². The zero-order chi connectivity index (χ0) is 18.6. The number of halogens is 6. The highest BCUT2D eigenvalue weighted by Gasteiger charge is 2.34. The molecule has 0 spiro atoms. The van der Waals surface area contributed by atoms with E-state index in [0.717, 1.165) is 6.07 Å². The SMILES string of the molecule is CCC(=NOCc1ccc(Cl)c(Cl)c1)c1cc(Cl)ccc1C(F)(F)F. The summed E-state index contributed by atoms with van der Waals surface area (Å²) in [6, 6.07) is 8.25. The minimum absolute atomic E-state index is 0.0440. The number of hydrogen-bond donors (Lipinski definition) is 0. The number of rotatable bonds is 5. The third kappa shape index (κ3) is 5.27. The van der Waals surface area contributed by atoms with E-state index >= 15 is 0 Å². The van der Waals surface area contributed by atoms with E-state index < -0.39 is 11.7 Å². The summed E-state index contributed by atoms with van der Waals surface area (Å²) in [4.78, 5) is 5.21. The van der Waals surface area contributed by atoms with Crippen molar-refractivity contribution in [2.24, 2.45) is 5.16 Å². The molecule has 0 aliphatic carbocycles. The Kier molecular flexibility index (Phi) is 6.60. The molecule has 0 atom stereocenters. The summed E-state index contributed by atoms with van der Waals surface area (Å²) >= 11 is 17.6. The topological polar surface area (TPSA) is 21.6 Å². The summed E-state index contributed by atoms with van der Waals surface area (Å²) in [5, 5.41) is 4.80. The molecular formula is C17H13Cl3F3NO. The lowest BCUT2D eigenvalue weighted by Crippen LogP contribution is -2.13. The van der Waals surface area contributed by atoms with Gasteiger partial charge in [-0.15, -0.1) is 0 Å². The fourth-order valence-corrected chi connectivity index (χ4v) is 2.61. The van der Waals surface area contributed by atoms with Gasteiger partial charge in [0.15, 0.2) is 0 Å². The molecule has 8 heteroatoms. The van der Waals surface area contributed by atoms with E-state index in [1.54, 1.807) is 25.1 Å². The number of nitrogens with zero attached hydrogens (tertiary/aromatic N) is 1. The quantitative estimate of drug-likeness (QED) is 0.384. The van der Waals surface area contributed by atoms with Crippen LogP contribution in [0.1, 0.15) is 30.0 Å². The Morgan fingerprint density at radius 1 is 1.04 bits per heavy atom. The van der Waals surface area contributed by atoms with E-state index in [9.17, 15) is 13.2 Å². The monoisotopic (exact) mass is 409 g/mol. The molecule has 0 radical (unpaired) electrons. The Labute approximate surface area is 158 Å². The predicted molar refractivity (Wildman–Crippen MR) is 94.5 cm³/mol. The van der Waals surface area contributed by atoms with Gasteiger partial charge in [-0.3, -0.25) is 0 Å². The summed E-state index contributed by atoms with van der Waals surface area (Å²) in [5.74, 6) is 0. The van der Waals surface area contributed by atoms with Crippen LogP contribution in [0, 0.1) is 0 Å². The lowest BCUT2D eigenvalue weighted by atomic mass is 10.0. The molecule has 0 fully saturated rings. The van der Waals surface area contributed by atoms with Gasteiger partial charge in [0.1, 0.15) is 6.61 Å². The van der Waals surface area contributed by atoms with Gasteiger partial charge in [0.05, 0.1) is 21.3 Å². The smallest absolute Gasteiger partial charge is 0.391 e. The first kappa shape index (κ1) is 19.9. The fraction of sp³-hybridized carbons (Fsp3) is 0.235. The molecule has 2 rings (SSSR count). The standard InChI is InChI=1S/C17H13Cl3F3NO/c1-2-16(12-8-11(18)4-5-13(12)17(21,22)23)24-25-9-10-3-6-14(19)15(20)7-10/h3-8H,2,9H2,1H3. The van der Waals surface area contributed by atoms with Crippen LogP contribution < -0.4 is 0 Å². The van der Waals surface area contributed by atoms with Crippen LogP contribution in [-0.4, -0.2) is 5.71 Å². The fourth-order valence-electron chi connectivity index (χ4n) is 2.12. The van der Waals surface area contributed by atoms with Crippen molar-refractivity contribution in [1.82, 2.24) is 0 Å². The highest BCUT2D eigenvalue weighted by atomic mass is 35.5. The second kappa shape index (κ2) is 8.30. The van der Waals surface area contributed by atoms with E-state index in [1.165, 1.54) is 12.1 Å². The molecule has 2 aromatic rings. The van der Waals surface area contributed by atoms with Crippen molar-refractivity contribution in [1.29, 1.82) is 0 Å². The molecule has 0 saturated carbocycles. The second-order valence-corrected chi connectivity index (χ2v) is 6.35. The zero-order valence-electron chi connectivity index (χ0n) is 13.0. The highest BCUT2D eigenvalue weighted by Crippen LogP contribution is 2.34. The van der Waals surface area contributed by atoms with Gasteiger partial charge in [0.2, 0.25) is 0 Å². The molecule has 0 N–H and O–H groups in total. The normalized spacial score (nSPS) is 12.4. The largest absolute Gasteiger partial charge is 0.417 e. The lowest BCUT2D eigenvalue weighted by molar-refractivity contribution is -0.137. The lowest BCUT2D eigenvalue weighted by Gasteiger charge is -2.14. The molecule has 0 aromatic heterocycles. The molecule has 0 heterocycles. The average molecular weight is 411 g/mol.